The molecule has 3 aliphatic heterocycles. The van der Waals surface area contributed by atoms with Crippen molar-refractivity contribution in [3.63, 3.8) is 0 Å². The van der Waals surface area contributed by atoms with Crippen molar-refractivity contribution in [3.8, 4) is 0 Å². The molecular weight excluding hydrogens is 452 g/mol. The first kappa shape index (κ1) is 24.4. The molecule has 35 heavy (non-hydrogen) atoms. The van der Waals surface area contributed by atoms with E-state index in [0.717, 1.165) is 70.4 Å². The van der Waals surface area contributed by atoms with E-state index in [-0.39, 0.29) is 29.1 Å². The first-order chi connectivity index (χ1) is 16.9. The van der Waals surface area contributed by atoms with Gasteiger partial charge in [-0.25, -0.2) is 8.78 Å². The molecule has 5 atom stereocenters. The predicted molar refractivity (Wildman–Crippen MR) is 130 cm³/mol. The summed E-state index contributed by atoms with van der Waals surface area (Å²) >= 11 is 0. The normalized spacial score (nSPS) is 31.3. The number of rotatable bonds is 5. The summed E-state index contributed by atoms with van der Waals surface area (Å²) in [6, 6.07) is 2.83. The first-order valence-corrected chi connectivity index (χ1v) is 13.2. The molecule has 3 N–H and O–H groups in total. The second-order valence-electron chi connectivity index (χ2n) is 10.6. The van der Waals surface area contributed by atoms with Crippen LogP contribution < -0.4 is 20.9 Å². The van der Waals surface area contributed by atoms with Gasteiger partial charge in [0.25, 0.3) is 5.91 Å². The molecule has 5 rings (SSSR count). The summed E-state index contributed by atoms with van der Waals surface area (Å²) in [5.41, 5.74) is -0.0398. The van der Waals surface area contributed by atoms with Crippen molar-refractivity contribution in [1.29, 1.82) is 0 Å². The Balaban J connectivity index is 1.15. The quantitative estimate of drug-likeness (QED) is 0.591. The maximum absolute atomic E-state index is 14.8. The Morgan fingerprint density at radius 1 is 1.11 bits per heavy atom. The lowest BCUT2D eigenvalue weighted by atomic mass is 9.67. The maximum Gasteiger partial charge on any atom is 0.251 e. The Bertz CT molecular complexity index is 929. The fourth-order valence-corrected chi connectivity index (χ4v) is 6.77. The molecule has 1 aliphatic carbocycles. The zero-order chi connectivity index (χ0) is 24.5. The summed E-state index contributed by atoms with van der Waals surface area (Å²) in [6.45, 7) is 6.68. The lowest BCUT2D eigenvalue weighted by molar-refractivity contribution is -0.133. The molecule has 4 fully saturated rings. The molecule has 2 amide bonds. The summed E-state index contributed by atoms with van der Waals surface area (Å²) in [4.78, 5) is 28.7. The van der Waals surface area contributed by atoms with Crippen LogP contribution >= 0.6 is 0 Å². The van der Waals surface area contributed by atoms with E-state index in [1.165, 1.54) is 0 Å². The average molecular weight is 490 g/mol. The van der Waals surface area contributed by atoms with Gasteiger partial charge < -0.3 is 20.9 Å². The minimum Gasteiger partial charge on any atom is -0.364 e. The van der Waals surface area contributed by atoms with Gasteiger partial charge in [-0.1, -0.05) is 0 Å². The van der Waals surface area contributed by atoms with Crippen LogP contribution in [-0.2, 0) is 4.79 Å². The van der Waals surface area contributed by atoms with Crippen LogP contribution in [0.5, 0.6) is 0 Å². The van der Waals surface area contributed by atoms with Crippen LogP contribution in [0.15, 0.2) is 12.1 Å². The molecule has 192 valence electrons. The van der Waals surface area contributed by atoms with E-state index in [1.807, 2.05) is 0 Å². The van der Waals surface area contributed by atoms with Crippen molar-refractivity contribution in [2.45, 2.75) is 51.1 Å². The first-order valence-electron chi connectivity index (χ1n) is 13.2. The molecule has 0 spiro atoms. The van der Waals surface area contributed by atoms with Crippen LogP contribution in [0.3, 0.4) is 0 Å². The zero-order valence-electron chi connectivity index (χ0n) is 20.5. The van der Waals surface area contributed by atoms with Gasteiger partial charge in [0.15, 0.2) is 0 Å². The van der Waals surface area contributed by atoms with Crippen LogP contribution in [-0.4, -0.2) is 74.6 Å². The van der Waals surface area contributed by atoms with Crippen LogP contribution in [0.1, 0.15) is 49.4 Å². The number of benzene rings is 1. The standard InChI is InChI=1S/C26H37F2N5O2/c1-2-29-25(34)17-13-20(27)24(21(28)14-17)33-10-8-32(9-11-33)15-16-5-6-18-22(12-16)31-26(35)19-4-3-7-30-23(18)19/h13-14,16,18-19,22-23,30H,2-12,15H2,1H3,(H,29,34)(H,31,35). The number of amides is 2. The third kappa shape index (κ3) is 5.03. The van der Waals surface area contributed by atoms with Gasteiger partial charge in [-0.2, -0.15) is 0 Å². The number of hydrogen-bond donors (Lipinski definition) is 3. The number of hydrogen-bond acceptors (Lipinski definition) is 5. The van der Waals surface area contributed by atoms with Crippen LogP contribution in [0.4, 0.5) is 14.5 Å². The largest absolute Gasteiger partial charge is 0.364 e. The van der Waals surface area contributed by atoms with Crippen molar-refractivity contribution in [2.24, 2.45) is 17.8 Å². The molecule has 1 saturated carbocycles. The Morgan fingerprint density at radius 2 is 1.86 bits per heavy atom. The van der Waals surface area contributed by atoms with Crippen LogP contribution in [0.2, 0.25) is 0 Å². The number of nitrogens with one attached hydrogen (secondary N) is 3. The van der Waals surface area contributed by atoms with Gasteiger partial charge in [-0.3, -0.25) is 14.5 Å². The highest BCUT2D eigenvalue weighted by molar-refractivity contribution is 5.94. The molecule has 3 saturated heterocycles. The van der Waals surface area contributed by atoms with Crippen LogP contribution in [0.25, 0.3) is 0 Å². The van der Waals surface area contributed by atoms with E-state index in [9.17, 15) is 18.4 Å². The number of fused-ring (bicyclic) bond motifs is 3. The van der Waals surface area contributed by atoms with Crippen molar-refractivity contribution >= 4 is 17.5 Å². The monoisotopic (exact) mass is 489 g/mol. The minimum atomic E-state index is -0.694. The summed E-state index contributed by atoms with van der Waals surface area (Å²) in [6.07, 6.45) is 5.37. The highest BCUT2D eigenvalue weighted by atomic mass is 19.1. The molecule has 0 aromatic heterocycles. The number of halogens is 2. The third-order valence-electron chi connectivity index (χ3n) is 8.46. The highest BCUT2D eigenvalue weighted by Crippen LogP contribution is 2.39. The molecule has 7 nitrogen and oxygen atoms in total. The predicted octanol–water partition coefficient (Wildman–Crippen LogP) is 2.12. The van der Waals surface area contributed by atoms with E-state index in [4.69, 9.17) is 0 Å². The third-order valence-corrected chi connectivity index (χ3v) is 8.46. The Hall–Kier alpha value is -2.26. The topological polar surface area (TPSA) is 76.7 Å². The number of nitrogens with zero attached hydrogens (tertiary/aromatic N) is 2. The summed E-state index contributed by atoms with van der Waals surface area (Å²) in [7, 11) is 0. The van der Waals surface area contributed by atoms with Gasteiger partial charge in [0.05, 0.1) is 5.92 Å². The van der Waals surface area contributed by atoms with Crippen LogP contribution in [0, 0.1) is 29.4 Å². The van der Waals surface area contributed by atoms with Crippen molar-refractivity contribution in [2.75, 3.05) is 50.7 Å². The van der Waals surface area contributed by atoms with Crippen molar-refractivity contribution < 1.29 is 18.4 Å². The molecule has 1 aromatic rings. The average Bonchev–Trinajstić information content (AvgIpc) is 2.85. The van der Waals surface area contributed by atoms with E-state index in [0.29, 0.717) is 37.5 Å². The fraction of sp³-hybridized carbons (Fsp3) is 0.692. The number of carbonyl (C=O) groups is 2. The summed E-state index contributed by atoms with van der Waals surface area (Å²) < 4.78 is 29.5. The highest BCUT2D eigenvalue weighted by Gasteiger charge is 2.47. The van der Waals surface area contributed by atoms with Gasteiger partial charge in [0.2, 0.25) is 5.91 Å². The number of anilines is 1. The molecule has 5 unspecified atom stereocenters. The van der Waals surface area contributed by atoms with E-state index < -0.39 is 17.5 Å². The number of piperazine rings is 1. The van der Waals surface area contributed by atoms with Gasteiger partial charge in [0, 0.05) is 56.9 Å². The van der Waals surface area contributed by atoms with Gasteiger partial charge in [-0.15, -0.1) is 0 Å². The lowest BCUT2D eigenvalue weighted by Gasteiger charge is -2.50. The van der Waals surface area contributed by atoms with E-state index in [2.05, 4.69) is 20.9 Å². The SMILES string of the molecule is CCNC(=O)c1cc(F)c(N2CCN(CC3CCC4C(C3)NC(=O)C3CCCNC34)CC2)c(F)c1. The van der Waals surface area contributed by atoms with Crippen molar-refractivity contribution in [1.82, 2.24) is 20.9 Å². The van der Waals surface area contributed by atoms with Gasteiger partial charge >= 0.3 is 0 Å². The molecular formula is C26H37F2N5O2. The van der Waals surface area contributed by atoms with Gasteiger partial charge in [0.1, 0.15) is 17.3 Å². The molecule has 4 aliphatic rings. The number of piperidine rings is 2. The minimum absolute atomic E-state index is 0.00406. The fourth-order valence-electron chi connectivity index (χ4n) is 6.77. The Morgan fingerprint density at radius 3 is 2.57 bits per heavy atom. The molecule has 0 bridgehead atoms. The Kier molecular flexibility index (Phi) is 7.25. The molecule has 3 heterocycles. The number of carbonyl (C=O) groups excluding carboxylic acids is 2. The summed E-state index contributed by atoms with van der Waals surface area (Å²) in [5, 5.41) is 9.53. The molecule has 0 radical (unpaired) electrons. The van der Waals surface area contributed by atoms with Crippen molar-refractivity contribution in [3.05, 3.63) is 29.3 Å². The summed E-state index contributed by atoms with van der Waals surface area (Å²) in [5.74, 6) is -0.459. The van der Waals surface area contributed by atoms with Gasteiger partial charge in [-0.05, 0) is 69.5 Å². The van der Waals surface area contributed by atoms with E-state index in [1.54, 1.807) is 11.8 Å². The molecule has 9 heteroatoms. The second kappa shape index (κ2) is 10.4. The van der Waals surface area contributed by atoms with E-state index >= 15 is 0 Å². The second-order valence-corrected chi connectivity index (χ2v) is 10.6. The lowest BCUT2D eigenvalue weighted by Crippen LogP contribution is -2.64. The Labute approximate surface area is 206 Å². The smallest absolute Gasteiger partial charge is 0.251 e. The maximum atomic E-state index is 14.8. The molecule has 1 aromatic carbocycles. The zero-order valence-corrected chi connectivity index (χ0v) is 20.5.